The number of likely N-dealkylation sites (tertiary alicyclic amines) is 1. The van der Waals surface area contributed by atoms with E-state index in [2.05, 4.69) is 37.6 Å². The lowest BCUT2D eigenvalue weighted by Crippen LogP contribution is -2.54. The molecule has 27 heavy (non-hydrogen) atoms. The molecule has 1 aliphatic heterocycles. The molecule has 1 saturated heterocycles. The van der Waals surface area contributed by atoms with E-state index in [1.54, 1.807) is 26.4 Å². The summed E-state index contributed by atoms with van der Waals surface area (Å²) in [5, 5.41) is 3.11. The highest BCUT2D eigenvalue weighted by Gasteiger charge is 2.30. The number of amides is 1. The van der Waals surface area contributed by atoms with Gasteiger partial charge in [0.25, 0.3) is 5.91 Å². The van der Waals surface area contributed by atoms with Crippen LogP contribution in [0.25, 0.3) is 0 Å². The van der Waals surface area contributed by atoms with E-state index in [0.717, 1.165) is 18.7 Å². The zero-order chi connectivity index (χ0) is 20.0. The van der Waals surface area contributed by atoms with Gasteiger partial charge in [0.2, 0.25) is 0 Å². The summed E-state index contributed by atoms with van der Waals surface area (Å²) in [4.78, 5) is 15.3. The molecule has 5 heteroatoms. The van der Waals surface area contributed by atoms with Gasteiger partial charge in [0, 0.05) is 29.8 Å². The molecule has 1 N–H and O–H groups in total. The number of nitrogens with one attached hydrogen (secondary N) is 1. The quantitative estimate of drug-likeness (QED) is 0.706. The maximum absolute atomic E-state index is 12.8. The molecule has 0 aliphatic carbocycles. The fraction of sp³-hybridized carbons (Fsp3) is 0.591. The van der Waals surface area contributed by atoms with Crippen molar-refractivity contribution in [1.29, 1.82) is 0 Å². The first-order chi connectivity index (χ1) is 12.8. The molecule has 0 aromatic heterocycles. The minimum absolute atomic E-state index is 0.0785. The van der Waals surface area contributed by atoms with E-state index in [1.165, 1.54) is 12.8 Å². The summed E-state index contributed by atoms with van der Waals surface area (Å²) in [7, 11) is 3.18. The minimum Gasteiger partial charge on any atom is -0.493 e. The van der Waals surface area contributed by atoms with E-state index in [-0.39, 0.29) is 11.4 Å². The van der Waals surface area contributed by atoms with E-state index in [1.807, 2.05) is 6.07 Å². The van der Waals surface area contributed by atoms with Crippen LogP contribution in [0.3, 0.4) is 0 Å². The predicted octanol–water partition coefficient (Wildman–Crippen LogP) is 3.67. The Labute approximate surface area is 163 Å². The minimum atomic E-state index is -0.0978. The predicted molar refractivity (Wildman–Crippen MR) is 110 cm³/mol. The van der Waals surface area contributed by atoms with Crippen molar-refractivity contribution in [2.75, 3.05) is 33.9 Å². The highest BCUT2D eigenvalue weighted by atomic mass is 16.5. The molecule has 2 rings (SSSR count). The summed E-state index contributed by atoms with van der Waals surface area (Å²) in [6.07, 6.45) is 4.91. The van der Waals surface area contributed by atoms with E-state index in [0.29, 0.717) is 35.9 Å². The van der Waals surface area contributed by atoms with Gasteiger partial charge in [-0.3, -0.25) is 9.69 Å². The second kappa shape index (κ2) is 9.27. The standard InChI is InChI=1S/C22H34N2O3/c1-7-9-17-12-18(13-19(26-5)20(17)27-6)21(25)23-15-22(3,4)24-11-8-10-16(2)14-24/h7,12-13,16H,1,8-11,14-15H2,2-6H3,(H,23,25). The van der Waals surface area contributed by atoms with Crippen molar-refractivity contribution in [3.63, 3.8) is 0 Å². The number of hydrogen-bond acceptors (Lipinski definition) is 4. The second-order valence-electron chi connectivity index (χ2n) is 8.05. The zero-order valence-corrected chi connectivity index (χ0v) is 17.4. The number of methoxy groups -OCH3 is 2. The third kappa shape index (κ3) is 5.25. The lowest BCUT2D eigenvalue weighted by Gasteiger charge is -2.43. The summed E-state index contributed by atoms with van der Waals surface area (Å²) < 4.78 is 10.9. The summed E-state index contributed by atoms with van der Waals surface area (Å²) in [6.45, 7) is 13.3. The van der Waals surface area contributed by atoms with Crippen LogP contribution in [0.5, 0.6) is 11.5 Å². The van der Waals surface area contributed by atoms with Crippen LogP contribution < -0.4 is 14.8 Å². The van der Waals surface area contributed by atoms with E-state index in [9.17, 15) is 4.79 Å². The molecule has 1 aromatic carbocycles. The van der Waals surface area contributed by atoms with Gasteiger partial charge in [0.05, 0.1) is 14.2 Å². The lowest BCUT2D eigenvalue weighted by molar-refractivity contribution is 0.0657. The Morgan fingerprint density at radius 3 is 2.70 bits per heavy atom. The fourth-order valence-corrected chi connectivity index (χ4v) is 3.73. The molecule has 1 heterocycles. The van der Waals surface area contributed by atoms with Gasteiger partial charge in [-0.25, -0.2) is 0 Å². The third-order valence-electron chi connectivity index (χ3n) is 5.38. The molecule has 1 aromatic rings. The zero-order valence-electron chi connectivity index (χ0n) is 17.4. The molecule has 5 nitrogen and oxygen atoms in total. The first-order valence-corrected chi connectivity index (χ1v) is 9.71. The number of benzene rings is 1. The number of ether oxygens (including phenoxy) is 2. The largest absolute Gasteiger partial charge is 0.493 e. The molecule has 0 radical (unpaired) electrons. The Morgan fingerprint density at radius 2 is 2.11 bits per heavy atom. The van der Waals surface area contributed by atoms with Gasteiger partial charge in [-0.05, 0) is 57.7 Å². The molecular weight excluding hydrogens is 340 g/mol. The number of hydrogen-bond donors (Lipinski definition) is 1. The monoisotopic (exact) mass is 374 g/mol. The lowest BCUT2D eigenvalue weighted by atomic mass is 9.93. The number of allylic oxidation sites excluding steroid dienone is 1. The van der Waals surface area contributed by atoms with Gasteiger partial charge in [0.1, 0.15) is 0 Å². The fourth-order valence-electron chi connectivity index (χ4n) is 3.73. The van der Waals surface area contributed by atoms with Crippen molar-refractivity contribution in [3.05, 3.63) is 35.9 Å². The molecule has 1 unspecified atom stereocenters. The molecule has 1 aliphatic rings. The number of carbonyl (C=O) groups is 1. The van der Waals surface area contributed by atoms with Crippen LogP contribution in [0.4, 0.5) is 0 Å². The van der Waals surface area contributed by atoms with Gasteiger partial charge in [-0.1, -0.05) is 13.0 Å². The summed E-state index contributed by atoms with van der Waals surface area (Å²) in [5.41, 5.74) is 1.39. The topological polar surface area (TPSA) is 50.8 Å². The van der Waals surface area contributed by atoms with Gasteiger partial charge in [0.15, 0.2) is 11.5 Å². The number of rotatable bonds is 8. The normalized spacial score (nSPS) is 18.0. The Bertz CT molecular complexity index is 670. The van der Waals surface area contributed by atoms with E-state index >= 15 is 0 Å². The van der Waals surface area contributed by atoms with Gasteiger partial charge >= 0.3 is 0 Å². The van der Waals surface area contributed by atoms with Gasteiger partial charge in [-0.15, -0.1) is 6.58 Å². The first kappa shape index (κ1) is 21.3. The van der Waals surface area contributed by atoms with Crippen LogP contribution in [0.2, 0.25) is 0 Å². The number of carbonyl (C=O) groups excluding carboxylic acids is 1. The molecule has 150 valence electrons. The van der Waals surface area contributed by atoms with Crippen LogP contribution in [-0.4, -0.2) is 50.2 Å². The van der Waals surface area contributed by atoms with Gasteiger partial charge in [-0.2, -0.15) is 0 Å². The van der Waals surface area contributed by atoms with Crippen LogP contribution in [0.1, 0.15) is 49.5 Å². The molecule has 1 atom stereocenters. The Morgan fingerprint density at radius 1 is 1.37 bits per heavy atom. The highest BCUT2D eigenvalue weighted by Crippen LogP contribution is 2.33. The molecule has 0 saturated carbocycles. The van der Waals surface area contributed by atoms with Crippen LogP contribution in [0, 0.1) is 5.92 Å². The third-order valence-corrected chi connectivity index (χ3v) is 5.38. The molecule has 0 spiro atoms. The Kier molecular flexibility index (Phi) is 7.31. The first-order valence-electron chi connectivity index (χ1n) is 9.71. The maximum atomic E-state index is 12.8. The summed E-state index contributed by atoms with van der Waals surface area (Å²) in [5.74, 6) is 1.82. The average molecular weight is 375 g/mol. The Hall–Kier alpha value is -2.01. The van der Waals surface area contributed by atoms with Crippen LogP contribution in [-0.2, 0) is 6.42 Å². The van der Waals surface area contributed by atoms with Crippen molar-refractivity contribution in [1.82, 2.24) is 10.2 Å². The smallest absolute Gasteiger partial charge is 0.251 e. The van der Waals surface area contributed by atoms with Crippen molar-refractivity contribution < 1.29 is 14.3 Å². The molecular formula is C22H34N2O3. The van der Waals surface area contributed by atoms with Crippen molar-refractivity contribution >= 4 is 5.91 Å². The van der Waals surface area contributed by atoms with Crippen molar-refractivity contribution in [2.45, 2.75) is 45.6 Å². The molecule has 1 amide bonds. The van der Waals surface area contributed by atoms with E-state index in [4.69, 9.17) is 9.47 Å². The van der Waals surface area contributed by atoms with Gasteiger partial charge < -0.3 is 14.8 Å². The SMILES string of the molecule is C=CCc1cc(C(=O)NCC(C)(C)N2CCCC(C)C2)cc(OC)c1OC. The van der Waals surface area contributed by atoms with Crippen molar-refractivity contribution in [2.24, 2.45) is 5.92 Å². The maximum Gasteiger partial charge on any atom is 0.251 e. The van der Waals surface area contributed by atoms with E-state index < -0.39 is 0 Å². The molecule has 0 bridgehead atoms. The van der Waals surface area contributed by atoms with Crippen LogP contribution in [0.15, 0.2) is 24.8 Å². The van der Waals surface area contributed by atoms with Crippen molar-refractivity contribution in [3.8, 4) is 11.5 Å². The highest BCUT2D eigenvalue weighted by molar-refractivity contribution is 5.95. The number of piperidine rings is 1. The summed E-state index contributed by atoms with van der Waals surface area (Å²) >= 11 is 0. The Balaban J connectivity index is 2.12. The second-order valence-corrected chi connectivity index (χ2v) is 8.05. The summed E-state index contributed by atoms with van der Waals surface area (Å²) in [6, 6.07) is 3.59. The number of nitrogens with zero attached hydrogens (tertiary/aromatic N) is 1. The molecule has 1 fully saturated rings. The van der Waals surface area contributed by atoms with Crippen LogP contribution >= 0.6 is 0 Å². The average Bonchev–Trinajstić information content (AvgIpc) is 2.65.